The first kappa shape index (κ1) is 14.6. The Balaban J connectivity index is 2.17. The van der Waals surface area contributed by atoms with Crippen molar-refractivity contribution < 1.29 is 4.79 Å². The summed E-state index contributed by atoms with van der Waals surface area (Å²) >= 11 is 6.12. The van der Waals surface area contributed by atoms with Gasteiger partial charge in [-0.15, -0.1) is 0 Å². The molecule has 5 nitrogen and oxygen atoms in total. The summed E-state index contributed by atoms with van der Waals surface area (Å²) < 4.78 is 0. The van der Waals surface area contributed by atoms with Crippen molar-refractivity contribution in [3.05, 3.63) is 41.0 Å². The Kier molecular flexibility index (Phi) is 4.76. The molecular formula is C14H17ClN4O. The zero-order chi connectivity index (χ0) is 14.5. The van der Waals surface area contributed by atoms with Crippen molar-refractivity contribution in [2.45, 2.75) is 0 Å². The van der Waals surface area contributed by atoms with Crippen LogP contribution in [0.1, 0.15) is 10.5 Å². The van der Waals surface area contributed by atoms with E-state index in [-0.39, 0.29) is 5.91 Å². The van der Waals surface area contributed by atoms with Crippen LogP contribution < -0.4 is 5.32 Å². The lowest BCUT2D eigenvalue weighted by Gasteiger charge is -2.15. The van der Waals surface area contributed by atoms with Gasteiger partial charge >= 0.3 is 0 Å². The number of likely N-dealkylation sites (N-methyl/N-ethyl adjacent to an activating group) is 2. The minimum atomic E-state index is -0.0916. The molecular weight excluding hydrogens is 276 g/mol. The third-order valence-corrected chi connectivity index (χ3v) is 3.33. The second-order valence-electron chi connectivity index (χ2n) is 4.48. The molecule has 1 aromatic carbocycles. The quantitative estimate of drug-likeness (QED) is 0.886. The van der Waals surface area contributed by atoms with Crippen molar-refractivity contribution >= 4 is 17.5 Å². The minimum Gasteiger partial charge on any atom is -0.339 e. The topological polar surface area (TPSA) is 61.0 Å². The number of nitrogens with zero attached hydrogens (tertiary/aromatic N) is 2. The van der Waals surface area contributed by atoms with Crippen molar-refractivity contribution in [2.24, 2.45) is 0 Å². The summed E-state index contributed by atoms with van der Waals surface area (Å²) in [4.78, 5) is 13.8. The molecule has 0 radical (unpaired) electrons. The molecule has 0 aliphatic heterocycles. The molecule has 0 fully saturated rings. The van der Waals surface area contributed by atoms with E-state index in [1.165, 1.54) is 0 Å². The Bertz CT molecular complexity index is 596. The second kappa shape index (κ2) is 6.54. The number of benzene rings is 1. The van der Waals surface area contributed by atoms with Crippen LogP contribution in [-0.4, -0.2) is 48.2 Å². The molecule has 0 bridgehead atoms. The number of rotatable bonds is 5. The summed E-state index contributed by atoms with van der Waals surface area (Å²) in [5.74, 6) is -0.0916. The van der Waals surface area contributed by atoms with Crippen LogP contribution >= 0.6 is 11.6 Å². The molecule has 2 N–H and O–H groups in total. The fraction of sp³-hybridized carbons (Fsp3) is 0.286. The van der Waals surface area contributed by atoms with Gasteiger partial charge in [0.2, 0.25) is 0 Å². The van der Waals surface area contributed by atoms with Crippen molar-refractivity contribution in [1.29, 1.82) is 0 Å². The number of halogens is 1. The number of nitrogens with one attached hydrogen (secondary N) is 2. The van der Waals surface area contributed by atoms with E-state index in [2.05, 4.69) is 15.5 Å². The van der Waals surface area contributed by atoms with Crippen LogP contribution in [0.4, 0.5) is 0 Å². The van der Waals surface area contributed by atoms with Crippen molar-refractivity contribution in [2.75, 3.05) is 27.2 Å². The van der Waals surface area contributed by atoms with Crippen molar-refractivity contribution in [3.8, 4) is 11.3 Å². The first-order chi connectivity index (χ1) is 9.63. The summed E-state index contributed by atoms with van der Waals surface area (Å²) in [5, 5.41) is 10.5. The van der Waals surface area contributed by atoms with Gasteiger partial charge in [0.25, 0.3) is 5.91 Å². The zero-order valence-corrected chi connectivity index (χ0v) is 12.2. The molecule has 106 valence electrons. The lowest BCUT2D eigenvalue weighted by atomic mass is 10.1. The Morgan fingerprint density at radius 2 is 2.20 bits per heavy atom. The van der Waals surface area contributed by atoms with Gasteiger partial charge in [0, 0.05) is 25.7 Å². The highest BCUT2D eigenvalue weighted by atomic mass is 35.5. The third-order valence-electron chi connectivity index (χ3n) is 3.00. The van der Waals surface area contributed by atoms with E-state index < -0.39 is 0 Å². The third kappa shape index (κ3) is 3.18. The van der Waals surface area contributed by atoms with Crippen LogP contribution in [0.3, 0.4) is 0 Å². The molecule has 1 amide bonds. The van der Waals surface area contributed by atoms with Crippen LogP contribution in [0.15, 0.2) is 30.3 Å². The first-order valence-electron chi connectivity index (χ1n) is 6.34. The summed E-state index contributed by atoms with van der Waals surface area (Å²) in [6.07, 6.45) is 0. The molecule has 0 saturated carbocycles. The van der Waals surface area contributed by atoms with Crippen molar-refractivity contribution in [3.63, 3.8) is 0 Å². The molecule has 20 heavy (non-hydrogen) atoms. The zero-order valence-electron chi connectivity index (χ0n) is 11.5. The lowest BCUT2D eigenvalue weighted by Crippen LogP contribution is -2.32. The summed E-state index contributed by atoms with van der Waals surface area (Å²) in [6, 6.07) is 9.13. The highest BCUT2D eigenvalue weighted by Crippen LogP contribution is 2.26. The van der Waals surface area contributed by atoms with Crippen LogP contribution in [0, 0.1) is 0 Å². The lowest BCUT2D eigenvalue weighted by molar-refractivity contribution is 0.0791. The molecule has 1 heterocycles. The predicted octanol–water partition coefficient (Wildman–Crippen LogP) is 2.02. The number of carbonyl (C=O) groups excluding carboxylic acids is 1. The molecule has 6 heteroatoms. The highest BCUT2D eigenvalue weighted by molar-refractivity contribution is 6.33. The van der Waals surface area contributed by atoms with Crippen molar-refractivity contribution in [1.82, 2.24) is 20.4 Å². The summed E-state index contributed by atoms with van der Waals surface area (Å²) in [5.41, 5.74) is 1.93. The van der Waals surface area contributed by atoms with Crippen LogP contribution in [0.5, 0.6) is 0 Å². The van der Waals surface area contributed by atoms with Gasteiger partial charge in [-0.1, -0.05) is 29.8 Å². The number of hydrogen-bond donors (Lipinski definition) is 2. The van der Waals surface area contributed by atoms with Gasteiger partial charge < -0.3 is 10.2 Å². The van der Waals surface area contributed by atoms with E-state index in [0.29, 0.717) is 23.0 Å². The first-order valence-corrected chi connectivity index (χ1v) is 6.71. The maximum Gasteiger partial charge on any atom is 0.271 e. The van der Waals surface area contributed by atoms with Gasteiger partial charge in [-0.2, -0.15) is 5.10 Å². The van der Waals surface area contributed by atoms with Gasteiger partial charge in [-0.05, 0) is 19.2 Å². The molecule has 0 aliphatic carbocycles. The maximum atomic E-state index is 12.2. The SMILES string of the molecule is CNCCN(C)C(=O)c1cc(-c2ccccc2Cl)n[nH]1. The molecule has 0 spiro atoms. The van der Waals surface area contributed by atoms with E-state index in [9.17, 15) is 4.79 Å². The molecule has 0 aliphatic rings. The normalized spacial score (nSPS) is 10.6. The highest BCUT2D eigenvalue weighted by Gasteiger charge is 2.15. The number of aromatic nitrogens is 2. The monoisotopic (exact) mass is 292 g/mol. The molecule has 0 saturated heterocycles. The smallest absolute Gasteiger partial charge is 0.271 e. The predicted molar refractivity (Wildman–Crippen MR) is 79.9 cm³/mol. The van der Waals surface area contributed by atoms with E-state index >= 15 is 0 Å². The second-order valence-corrected chi connectivity index (χ2v) is 4.88. The number of hydrogen-bond acceptors (Lipinski definition) is 3. The van der Waals surface area contributed by atoms with Crippen LogP contribution in [0.2, 0.25) is 5.02 Å². The number of carbonyl (C=O) groups is 1. The molecule has 0 atom stereocenters. The Morgan fingerprint density at radius 1 is 1.45 bits per heavy atom. The minimum absolute atomic E-state index is 0.0916. The van der Waals surface area contributed by atoms with Gasteiger partial charge in [0.1, 0.15) is 5.69 Å². The van der Waals surface area contributed by atoms with Gasteiger partial charge in [0.15, 0.2) is 0 Å². The number of aromatic amines is 1. The number of H-pyrrole nitrogens is 1. The van der Waals surface area contributed by atoms with Crippen LogP contribution in [0.25, 0.3) is 11.3 Å². The fourth-order valence-corrected chi connectivity index (χ4v) is 2.06. The standard InChI is InChI=1S/C14H17ClN4O/c1-16-7-8-19(2)14(20)13-9-12(17-18-13)10-5-3-4-6-11(10)15/h3-6,9,16H,7-8H2,1-2H3,(H,17,18). The van der Waals surface area contributed by atoms with Gasteiger partial charge in [-0.3, -0.25) is 9.89 Å². The largest absolute Gasteiger partial charge is 0.339 e. The van der Waals surface area contributed by atoms with Gasteiger partial charge in [-0.25, -0.2) is 0 Å². The van der Waals surface area contributed by atoms with Gasteiger partial charge in [0.05, 0.1) is 10.7 Å². The van der Waals surface area contributed by atoms with E-state index in [1.807, 2.05) is 25.2 Å². The Hall–Kier alpha value is -1.85. The van der Waals surface area contributed by atoms with E-state index in [4.69, 9.17) is 11.6 Å². The average Bonchev–Trinajstić information content (AvgIpc) is 2.94. The average molecular weight is 293 g/mol. The van der Waals surface area contributed by atoms with E-state index in [1.54, 1.807) is 24.1 Å². The molecule has 2 aromatic rings. The van der Waals surface area contributed by atoms with E-state index in [0.717, 1.165) is 12.1 Å². The maximum absolute atomic E-state index is 12.2. The molecule has 1 aromatic heterocycles. The van der Waals surface area contributed by atoms with Crippen LogP contribution in [-0.2, 0) is 0 Å². The Morgan fingerprint density at radius 3 is 2.90 bits per heavy atom. The summed E-state index contributed by atoms with van der Waals surface area (Å²) in [7, 11) is 3.61. The number of amides is 1. The molecule has 2 rings (SSSR count). The summed E-state index contributed by atoms with van der Waals surface area (Å²) in [6.45, 7) is 1.38. The molecule has 0 unspecified atom stereocenters. The fourth-order valence-electron chi connectivity index (χ4n) is 1.82. The Labute approximate surface area is 122 Å².